The Labute approximate surface area is 218 Å². The highest BCUT2D eigenvalue weighted by Crippen LogP contribution is 2.34. The topological polar surface area (TPSA) is 95.2 Å². The molecule has 5 aromatic heterocycles. The smallest absolute Gasteiger partial charge is 0.123 e. The number of nitrogens with one attached hydrogen (secondary N) is 3. The summed E-state index contributed by atoms with van der Waals surface area (Å²) in [6.45, 7) is 8.45. The van der Waals surface area contributed by atoms with Gasteiger partial charge in [0.2, 0.25) is 0 Å². The average Bonchev–Trinajstić information content (AvgIpc) is 3.52. The Hall–Kier alpha value is -4.85. The maximum Gasteiger partial charge on any atom is 0.123 e. The number of benzene rings is 1. The number of fused-ring (bicyclic) bond motifs is 2. The van der Waals surface area contributed by atoms with Gasteiger partial charge in [0.05, 0.1) is 40.7 Å². The van der Waals surface area contributed by atoms with E-state index in [2.05, 4.69) is 55.9 Å². The fourth-order valence-electron chi connectivity index (χ4n) is 4.70. The van der Waals surface area contributed by atoms with Crippen molar-refractivity contribution >= 4 is 27.5 Å². The Bertz CT molecular complexity index is 1780. The van der Waals surface area contributed by atoms with Gasteiger partial charge in [-0.3, -0.25) is 20.1 Å². The van der Waals surface area contributed by atoms with Crippen molar-refractivity contribution in [3.05, 3.63) is 91.4 Å². The molecule has 7 nitrogen and oxygen atoms in total. The number of anilines is 1. The molecule has 3 N–H and O–H groups in total. The van der Waals surface area contributed by atoms with E-state index >= 15 is 0 Å². The Morgan fingerprint density at radius 2 is 1.74 bits per heavy atom. The molecule has 0 atom stereocenters. The van der Waals surface area contributed by atoms with Crippen molar-refractivity contribution in [1.29, 1.82) is 0 Å². The van der Waals surface area contributed by atoms with Crippen LogP contribution in [-0.2, 0) is 0 Å². The lowest BCUT2D eigenvalue weighted by molar-refractivity contribution is 0.628. The molecule has 0 amide bonds. The molecule has 0 aliphatic rings. The summed E-state index contributed by atoms with van der Waals surface area (Å²) in [4.78, 5) is 17.1. The van der Waals surface area contributed by atoms with Crippen molar-refractivity contribution in [2.24, 2.45) is 5.92 Å². The van der Waals surface area contributed by atoms with Gasteiger partial charge < -0.3 is 10.3 Å². The van der Waals surface area contributed by atoms with Crippen molar-refractivity contribution in [2.45, 2.75) is 20.3 Å². The summed E-state index contributed by atoms with van der Waals surface area (Å²) in [5.74, 6) is 0.238. The van der Waals surface area contributed by atoms with Gasteiger partial charge in [-0.15, -0.1) is 0 Å². The zero-order valence-corrected chi connectivity index (χ0v) is 21.1. The fourth-order valence-corrected chi connectivity index (χ4v) is 4.70. The minimum Gasteiger partial charge on any atom is -0.358 e. The second-order valence-electron chi connectivity index (χ2n) is 9.79. The molecule has 8 heteroatoms. The van der Waals surface area contributed by atoms with Crippen molar-refractivity contribution in [3.63, 3.8) is 0 Å². The number of aromatic nitrogens is 6. The first-order valence-corrected chi connectivity index (χ1v) is 12.4. The Morgan fingerprint density at radius 3 is 2.55 bits per heavy atom. The Balaban J connectivity index is 1.38. The van der Waals surface area contributed by atoms with Crippen LogP contribution in [0.25, 0.3) is 55.7 Å². The first-order valence-electron chi connectivity index (χ1n) is 12.4. The van der Waals surface area contributed by atoms with E-state index in [4.69, 9.17) is 0 Å². The normalized spacial score (nSPS) is 11.5. The lowest BCUT2D eigenvalue weighted by atomic mass is 10.1. The molecular weight excluding hydrogens is 477 g/mol. The van der Waals surface area contributed by atoms with Gasteiger partial charge in [0.25, 0.3) is 0 Å². The van der Waals surface area contributed by atoms with Crippen molar-refractivity contribution in [2.75, 3.05) is 5.32 Å². The summed E-state index contributed by atoms with van der Waals surface area (Å²) in [7, 11) is 0. The molecule has 5 heterocycles. The molecule has 0 aliphatic carbocycles. The standard InChI is InChI=1S/C30H26FN7/c1-17(2)10-18(3)35-22-11-20(14-32-15-22)26-12-24-28(16-34-26)37-38-30(24)27-13-23-25(36-27)8-9-33-29(23)19-4-6-21(31)7-5-19/h4-9,11-17,35-36H,3,10H2,1-2H3,(H,37,38). The van der Waals surface area contributed by atoms with Gasteiger partial charge in [0, 0.05) is 45.5 Å². The zero-order chi connectivity index (χ0) is 26.2. The molecule has 6 rings (SSSR count). The number of pyridine rings is 3. The minimum atomic E-state index is -0.278. The highest BCUT2D eigenvalue weighted by molar-refractivity contribution is 6.00. The van der Waals surface area contributed by atoms with E-state index in [0.29, 0.717) is 5.92 Å². The van der Waals surface area contributed by atoms with Crippen molar-refractivity contribution in [3.8, 4) is 33.9 Å². The second kappa shape index (κ2) is 9.55. The number of H-pyrrole nitrogens is 2. The van der Waals surface area contributed by atoms with Gasteiger partial charge in [0.15, 0.2) is 0 Å². The van der Waals surface area contributed by atoms with Crippen molar-refractivity contribution < 1.29 is 4.39 Å². The monoisotopic (exact) mass is 503 g/mol. The van der Waals surface area contributed by atoms with Gasteiger partial charge in [-0.1, -0.05) is 20.4 Å². The SMILES string of the molecule is C=C(CC(C)C)Nc1cncc(-c2cc3c(-c4cc5c(-c6ccc(F)cc6)nccc5[nH]4)n[nH]c3cn2)c1. The van der Waals surface area contributed by atoms with E-state index in [-0.39, 0.29) is 5.82 Å². The third-order valence-corrected chi connectivity index (χ3v) is 6.38. The molecule has 1 aromatic carbocycles. The van der Waals surface area contributed by atoms with Crippen molar-refractivity contribution in [1.82, 2.24) is 30.1 Å². The lowest BCUT2D eigenvalue weighted by Crippen LogP contribution is -2.02. The van der Waals surface area contributed by atoms with E-state index in [0.717, 1.165) is 73.5 Å². The highest BCUT2D eigenvalue weighted by Gasteiger charge is 2.16. The quantitative estimate of drug-likeness (QED) is 0.212. The third kappa shape index (κ3) is 4.52. The summed E-state index contributed by atoms with van der Waals surface area (Å²) in [6, 6.07) is 14.4. The van der Waals surface area contributed by atoms with Gasteiger partial charge in [-0.25, -0.2) is 4.39 Å². The van der Waals surface area contributed by atoms with E-state index in [1.54, 1.807) is 36.9 Å². The number of hydrogen-bond donors (Lipinski definition) is 3. The lowest BCUT2D eigenvalue weighted by Gasteiger charge is -2.12. The van der Waals surface area contributed by atoms with Crippen LogP contribution in [-0.4, -0.2) is 30.1 Å². The molecule has 0 radical (unpaired) electrons. The van der Waals surface area contributed by atoms with Crippen LogP contribution in [0, 0.1) is 11.7 Å². The second-order valence-corrected chi connectivity index (χ2v) is 9.79. The molecule has 0 spiro atoms. The fraction of sp³-hybridized carbons (Fsp3) is 0.133. The molecule has 0 aliphatic heterocycles. The first-order chi connectivity index (χ1) is 18.4. The minimum absolute atomic E-state index is 0.278. The Kier molecular flexibility index (Phi) is 5.92. The molecule has 0 bridgehead atoms. The number of rotatable bonds is 7. The first kappa shape index (κ1) is 23.5. The van der Waals surface area contributed by atoms with Crippen LogP contribution in [0.4, 0.5) is 10.1 Å². The maximum atomic E-state index is 13.5. The molecule has 0 unspecified atom stereocenters. The molecule has 188 valence electrons. The van der Waals surface area contributed by atoms with Gasteiger partial charge in [-0.05, 0) is 60.9 Å². The molecular formula is C30H26FN7. The number of nitrogens with zero attached hydrogens (tertiary/aromatic N) is 4. The van der Waals surface area contributed by atoms with E-state index < -0.39 is 0 Å². The van der Waals surface area contributed by atoms with Crippen LogP contribution in [0.1, 0.15) is 20.3 Å². The van der Waals surface area contributed by atoms with E-state index in [1.807, 2.05) is 24.3 Å². The van der Waals surface area contributed by atoms with Gasteiger partial charge in [-0.2, -0.15) is 5.10 Å². The molecule has 0 fully saturated rings. The average molecular weight is 504 g/mol. The van der Waals surface area contributed by atoms with Crippen LogP contribution in [0.15, 0.2) is 85.6 Å². The van der Waals surface area contributed by atoms with Crippen LogP contribution in [0.3, 0.4) is 0 Å². The van der Waals surface area contributed by atoms with Crippen LogP contribution < -0.4 is 5.32 Å². The summed E-state index contributed by atoms with van der Waals surface area (Å²) in [6.07, 6.45) is 8.00. The molecule has 0 saturated heterocycles. The van der Waals surface area contributed by atoms with Crippen LogP contribution >= 0.6 is 0 Å². The number of halogens is 1. The predicted octanol–water partition coefficient (Wildman–Crippen LogP) is 7.34. The molecule has 0 saturated carbocycles. The molecule has 6 aromatic rings. The summed E-state index contributed by atoms with van der Waals surface area (Å²) in [5, 5.41) is 12.9. The largest absolute Gasteiger partial charge is 0.358 e. The summed E-state index contributed by atoms with van der Waals surface area (Å²) in [5.41, 5.74) is 8.50. The number of aromatic amines is 2. The Morgan fingerprint density at radius 1 is 0.921 bits per heavy atom. The molecule has 38 heavy (non-hydrogen) atoms. The van der Waals surface area contributed by atoms with Gasteiger partial charge >= 0.3 is 0 Å². The predicted molar refractivity (Wildman–Crippen MR) is 150 cm³/mol. The number of allylic oxidation sites excluding steroid dienone is 1. The maximum absolute atomic E-state index is 13.5. The zero-order valence-electron chi connectivity index (χ0n) is 21.1. The summed E-state index contributed by atoms with van der Waals surface area (Å²) >= 11 is 0. The van der Waals surface area contributed by atoms with Crippen LogP contribution in [0.2, 0.25) is 0 Å². The van der Waals surface area contributed by atoms with Gasteiger partial charge in [0.1, 0.15) is 11.5 Å². The van der Waals surface area contributed by atoms with E-state index in [9.17, 15) is 4.39 Å². The van der Waals surface area contributed by atoms with E-state index in [1.165, 1.54) is 12.1 Å². The van der Waals surface area contributed by atoms with Crippen LogP contribution in [0.5, 0.6) is 0 Å². The number of hydrogen-bond acceptors (Lipinski definition) is 5. The highest BCUT2D eigenvalue weighted by atomic mass is 19.1. The summed E-state index contributed by atoms with van der Waals surface area (Å²) < 4.78 is 13.5. The third-order valence-electron chi connectivity index (χ3n) is 6.38.